The van der Waals surface area contributed by atoms with E-state index in [-0.39, 0.29) is 36.8 Å². The quantitative estimate of drug-likeness (QED) is 0.313. The number of oxazole rings is 1. The lowest BCUT2D eigenvalue weighted by molar-refractivity contribution is 0.0934. The normalized spacial score (nSPS) is 12.9. The molecule has 0 bridgehead atoms. The molecule has 3 aromatic carbocycles. The molecule has 180 valence electrons. The number of benzene rings is 3. The molecule has 0 fully saturated rings. The van der Waals surface area contributed by atoms with Gasteiger partial charge >= 0.3 is 0 Å². The molecule has 0 unspecified atom stereocenters. The highest BCUT2D eigenvalue weighted by Crippen LogP contribution is 2.25. The van der Waals surface area contributed by atoms with Gasteiger partial charge in [0.25, 0.3) is 5.91 Å². The fraction of sp³-hybridized carbons (Fsp3) is 0.214. The average molecular weight is 476 g/mol. The van der Waals surface area contributed by atoms with Crippen LogP contribution in [-0.4, -0.2) is 15.8 Å². The Morgan fingerprint density at radius 1 is 0.943 bits per heavy atom. The Labute approximate surface area is 203 Å². The molecule has 4 aromatic rings. The number of amides is 1. The van der Waals surface area contributed by atoms with Crippen LogP contribution in [0.1, 0.15) is 59.0 Å². The fourth-order valence-electron chi connectivity index (χ4n) is 3.90. The minimum atomic E-state index is -0.623. The lowest BCUT2D eigenvalue weighted by Crippen LogP contribution is -2.28. The third-order valence-corrected chi connectivity index (χ3v) is 5.99. The first-order chi connectivity index (χ1) is 16.9. The van der Waals surface area contributed by atoms with Crippen LogP contribution in [0.4, 0.5) is 8.78 Å². The van der Waals surface area contributed by atoms with E-state index in [4.69, 9.17) is 4.42 Å². The zero-order valence-corrected chi connectivity index (χ0v) is 19.6. The molecule has 0 radical (unpaired) electrons. The van der Waals surface area contributed by atoms with Gasteiger partial charge < -0.3 is 9.73 Å². The van der Waals surface area contributed by atoms with E-state index in [9.17, 15) is 13.6 Å². The molecular weight excluding hydrogens is 448 g/mol. The standard InChI is InChI=1S/C28H27F2N3O2/c1-19(21-9-5-3-6-10-21)31-28(34)26-18-35-27(32-26)17-33(20(2)22-11-7-4-8-12-22)16-23-13-14-24(29)15-25(23)30/h3-15,18-20H,16-17H2,1-2H3,(H,31,34)/t19-,20-/m1/s1. The van der Waals surface area contributed by atoms with Gasteiger partial charge in [-0.1, -0.05) is 66.7 Å². The summed E-state index contributed by atoms with van der Waals surface area (Å²) in [6.07, 6.45) is 1.33. The molecule has 0 aliphatic carbocycles. The Balaban J connectivity index is 1.51. The summed E-state index contributed by atoms with van der Waals surface area (Å²) >= 11 is 0. The molecule has 1 heterocycles. The predicted molar refractivity (Wildman–Crippen MR) is 129 cm³/mol. The summed E-state index contributed by atoms with van der Waals surface area (Å²) in [6.45, 7) is 4.33. The Morgan fingerprint density at radius 3 is 2.26 bits per heavy atom. The third-order valence-electron chi connectivity index (χ3n) is 5.99. The number of halogens is 2. The maximum absolute atomic E-state index is 14.4. The van der Waals surface area contributed by atoms with E-state index in [0.717, 1.165) is 17.2 Å². The van der Waals surface area contributed by atoms with E-state index in [1.54, 1.807) is 0 Å². The number of hydrogen-bond donors (Lipinski definition) is 1. The smallest absolute Gasteiger partial charge is 0.273 e. The first-order valence-electron chi connectivity index (χ1n) is 11.4. The molecule has 0 saturated carbocycles. The molecule has 1 N–H and O–H groups in total. The number of nitrogens with zero attached hydrogens (tertiary/aromatic N) is 2. The number of carbonyl (C=O) groups is 1. The molecule has 7 heteroatoms. The molecule has 0 aliphatic rings. The van der Waals surface area contributed by atoms with Gasteiger partial charge in [-0.15, -0.1) is 0 Å². The van der Waals surface area contributed by atoms with E-state index in [0.29, 0.717) is 11.5 Å². The van der Waals surface area contributed by atoms with E-state index in [1.165, 1.54) is 18.4 Å². The Kier molecular flexibility index (Phi) is 7.67. The topological polar surface area (TPSA) is 58.4 Å². The van der Waals surface area contributed by atoms with Gasteiger partial charge in [-0.3, -0.25) is 9.69 Å². The van der Waals surface area contributed by atoms with Gasteiger partial charge in [0.1, 0.15) is 17.9 Å². The van der Waals surface area contributed by atoms with Crippen molar-refractivity contribution in [3.8, 4) is 0 Å². The zero-order chi connectivity index (χ0) is 24.8. The highest BCUT2D eigenvalue weighted by atomic mass is 19.1. The Morgan fingerprint density at radius 2 is 1.60 bits per heavy atom. The van der Waals surface area contributed by atoms with Gasteiger partial charge in [-0.05, 0) is 31.0 Å². The molecule has 0 aliphatic heterocycles. The highest BCUT2D eigenvalue weighted by Gasteiger charge is 2.22. The molecule has 2 atom stereocenters. The minimum absolute atomic E-state index is 0.122. The van der Waals surface area contributed by atoms with E-state index >= 15 is 0 Å². The van der Waals surface area contributed by atoms with Crippen molar-refractivity contribution in [2.24, 2.45) is 0 Å². The summed E-state index contributed by atoms with van der Waals surface area (Å²) in [6, 6.07) is 22.6. The minimum Gasteiger partial charge on any atom is -0.447 e. The van der Waals surface area contributed by atoms with Crippen LogP contribution < -0.4 is 5.32 Å². The molecule has 35 heavy (non-hydrogen) atoms. The monoisotopic (exact) mass is 475 g/mol. The van der Waals surface area contributed by atoms with Crippen LogP contribution in [-0.2, 0) is 13.1 Å². The summed E-state index contributed by atoms with van der Waals surface area (Å²) < 4.78 is 33.5. The Hall–Kier alpha value is -3.84. The maximum Gasteiger partial charge on any atom is 0.273 e. The lowest BCUT2D eigenvalue weighted by Gasteiger charge is -2.28. The van der Waals surface area contributed by atoms with Gasteiger partial charge in [0.2, 0.25) is 5.89 Å². The van der Waals surface area contributed by atoms with Crippen molar-refractivity contribution in [1.82, 2.24) is 15.2 Å². The average Bonchev–Trinajstić information content (AvgIpc) is 3.34. The first-order valence-corrected chi connectivity index (χ1v) is 11.4. The Bertz CT molecular complexity index is 1260. The van der Waals surface area contributed by atoms with Crippen LogP contribution in [0.25, 0.3) is 0 Å². The molecular formula is C28H27F2N3O2. The summed E-state index contributed by atoms with van der Waals surface area (Å²) in [7, 11) is 0. The van der Waals surface area contributed by atoms with Gasteiger partial charge in [-0.25, -0.2) is 13.8 Å². The second-order valence-electron chi connectivity index (χ2n) is 8.46. The third kappa shape index (κ3) is 6.19. The molecule has 1 amide bonds. The zero-order valence-electron chi connectivity index (χ0n) is 19.6. The summed E-state index contributed by atoms with van der Waals surface area (Å²) in [5, 5.41) is 2.92. The second-order valence-corrected chi connectivity index (χ2v) is 8.46. The highest BCUT2D eigenvalue weighted by molar-refractivity contribution is 5.92. The van der Waals surface area contributed by atoms with Crippen molar-refractivity contribution in [2.75, 3.05) is 0 Å². The molecule has 1 aromatic heterocycles. The summed E-state index contributed by atoms with van der Waals surface area (Å²) in [5.41, 5.74) is 2.53. The van der Waals surface area contributed by atoms with Gasteiger partial charge in [0, 0.05) is 24.2 Å². The van der Waals surface area contributed by atoms with E-state index < -0.39 is 11.6 Å². The largest absolute Gasteiger partial charge is 0.447 e. The maximum atomic E-state index is 14.4. The lowest BCUT2D eigenvalue weighted by atomic mass is 10.1. The van der Waals surface area contributed by atoms with Crippen molar-refractivity contribution < 1.29 is 18.0 Å². The van der Waals surface area contributed by atoms with Crippen LogP contribution in [0, 0.1) is 11.6 Å². The van der Waals surface area contributed by atoms with Gasteiger partial charge in [-0.2, -0.15) is 0 Å². The molecule has 4 rings (SSSR count). The fourth-order valence-corrected chi connectivity index (χ4v) is 3.90. The summed E-state index contributed by atoms with van der Waals surface area (Å²) in [4.78, 5) is 19.1. The number of rotatable bonds is 9. The van der Waals surface area contributed by atoms with Gasteiger partial charge in [0.15, 0.2) is 5.69 Å². The van der Waals surface area contributed by atoms with Crippen LogP contribution in [0.3, 0.4) is 0 Å². The van der Waals surface area contributed by atoms with Gasteiger partial charge in [0.05, 0.1) is 12.6 Å². The molecule has 5 nitrogen and oxygen atoms in total. The number of carbonyl (C=O) groups excluding carboxylic acids is 1. The predicted octanol–water partition coefficient (Wildman–Crippen LogP) is 6.21. The molecule has 0 saturated heterocycles. The van der Waals surface area contributed by atoms with Crippen molar-refractivity contribution in [3.05, 3.63) is 125 Å². The van der Waals surface area contributed by atoms with Crippen molar-refractivity contribution in [2.45, 2.75) is 39.0 Å². The van der Waals surface area contributed by atoms with Crippen LogP contribution >= 0.6 is 0 Å². The van der Waals surface area contributed by atoms with E-state index in [2.05, 4.69) is 10.3 Å². The number of aromatic nitrogens is 1. The van der Waals surface area contributed by atoms with Crippen molar-refractivity contribution in [1.29, 1.82) is 0 Å². The first kappa shape index (κ1) is 24.3. The van der Waals surface area contributed by atoms with Crippen LogP contribution in [0.15, 0.2) is 89.5 Å². The van der Waals surface area contributed by atoms with Crippen molar-refractivity contribution in [3.63, 3.8) is 0 Å². The van der Waals surface area contributed by atoms with E-state index in [1.807, 2.05) is 79.4 Å². The number of nitrogens with one attached hydrogen (secondary N) is 1. The number of hydrogen-bond acceptors (Lipinski definition) is 4. The second kappa shape index (κ2) is 11.1. The summed E-state index contributed by atoms with van der Waals surface area (Å²) in [5.74, 6) is -1.25. The van der Waals surface area contributed by atoms with Crippen molar-refractivity contribution >= 4 is 5.91 Å². The van der Waals surface area contributed by atoms with Crippen LogP contribution in [0.5, 0.6) is 0 Å². The molecule has 0 spiro atoms. The SMILES string of the molecule is C[C@H](c1ccccc1)N(Cc1nc(C(=O)N[C@H](C)c2ccccc2)co1)Cc1ccc(F)cc1F. The van der Waals surface area contributed by atoms with Crippen LogP contribution in [0.2, 0.25) is 0 Å².